The van der Waals surface area contributed by atoms with Crippen molar-refractivity contribution in [1.82, 2.24) is 0 Å². The number of ether oxygens (including phenoxy) is 1. The first kappa shape index (κ1) is 12.3. The fraction of sp³-hybridized carbons (Fsp3) is 0.889. The van der Waals surface area contributed by atoms with E-state index in [4.69, 9.17) is 5.21 Å². The number of aliphatic hydroxyl groups is 1. The smallest absolute Gasteiger partial charge is 0.279 e. The van der Waals surface area contributed by atoms with Crippen molar-refractivity contribution in [2.45, 2.75) is 31.3 Å². The fourth-order valence-corrected chi connectivity index (χ4v) is 1.84. The quantitative estimate of drug-likeness (QED) is 0.559. The van der Waals surface area contributed by atoms with Gasteiger partial charge >= 0.3 is 0 Å². The fourth-order valence-electron chi connectivity index (χ4n) is 1.84. The maximum atomic E-state index is 13.5. The van der Waals surface area contributed by atoms with Gasteiger partial charge in [-0.3, -0.25) is 0 Å². The van der Waals surface area contributed by atoms with Crippen LogP contribution in [0.3, 0.4) is 0 Å². The standard InChI is InChI=1S/C9H15F2NO3/c1-15-5-9(10,11)7-4-6(13)2-3-8(7)12-14/h6-7,13-14H,2-5H2,1H3. The molecule has 0 aliphatic heterocycles. The molecule has 0 amide bonds. The highest BCUT2D eigenvalue weighted by atomic mass is 19.3. The summed E-state index contributed by atoms with van der Waals surface area (Å²) >= 11 is 0. The van der Waals surface area contributed by atoms with E-state index in [1.54, 1.807) is 0 Å². The molecule has 6 heteroatoms. The molecule has 0 heterocycles. The molecule has 1 saturated carbocycles. The van der Waals surface area contributed by atoms with E-state index in [9.17, 15) is 13.9 Å². The Labute approximate surface area is 86.5 Å². The van der Waals surface area contributed by atoms with Crippen LogP contribution in [0, 0.1) is 5.92 Å². The average molecular weight is 223 g/mol. The van der Waals surface area contributed by atoms with Gasteiger partial charge in [-0.2, -0.15) is 0 Å². The molecule has 2 unspecified atom stereocenters. The molecule has 1 aliphatic rings. The van der Waals surface area contributed by atoms with Gasteiger partial charge in [0.15, 0.2) is 0 Å². The molecule has 0 aromatic rings. The first-order valence-electron chi connectivity index (χ1n) is 4.77. The van der Waals surface area contributed by atoms with E-state index in [0.29, 0.717) is 6.42 Å². The Kier molecular flexibility index (Phi) is 3.98. The molecular formula is C9H15F2NO3. The van der Waals surface area contributed by atoms with Gasteiger partial charge in [0.1, 0.15) is 6.61 Å². The second kappa shape index (κ2) is 4.85. The molecular weight excluding hydrogens is 208 g/mol. The Morgan fingerprint density at radius 2 is 2.27 bits per heavy atom. The molecule has 0 aromatic heterocycles. The third-order valence-corrected chi connectivity index (χ3v) is 2.62. The molecule has 0 bridgehead atoms. The summed E-state index contributed by atoms with van der Waals surface area (Å²) in [7, 11) is 1.18. The Morgan fingerprint density at radius 1 is 1.60 bits per heavy atom. The number of nitrogens with zero attached hydrogens (tertiary/aromatic N) is 1. The van der Waals surface area contributed by atoms with Crippen molar-refractivity contribution in [3.63, 3.8) is 0 Å². The molecule has 88 valence electrons. The zero-order valence-electron chi connectivity index (χ0n) is 8.49. The lowest BCUT2D eigenvalue weighted by Gasteiger charge is -2.32. The number of aliphatic hydroxyl groups excluding tert-OH is 1. The minimum atomic E-state index is -3.10. The summed E-state index contributed by atoms with van der Waals surface area (Å²) in [5.41, 5.74) is 0.0438. The maximum absolute atomic E-state index is 13.5. The first-order valence-corrected chi connectivity index (χ1v) is 4.77. The predicted octanol–water partition coefficient (Wildman–Crippen LogP) is 1.26. The van der Waals surface area contributed by atoms with Gasteiger partial charge in [0.05, 0.1) is 17.7 Å². The van der Waals surface area contributed by atoms with Crippen molar-refractivity contribution in [3.8, 4) is 0 Å². The molecule has 15 heavy (non-hydrogen) atoms. The second-order valence-corrected chi connectivity index (χ2v) is 3.77. The van der Waals surface area contributed by atoms with E-state index >= 15 is 0 Å². The van der Waals surface area contributed by atoms with Crippen LogP contribution in [-0.4, -0.2) is 41.8 Å². The largest absolute Gasteiger partial charge is 0.411 e. The van der Waals surface area contributed by atoms with Crippen LogP contribution in [0.4, 0.5) is 8.78 Å². The van der Waals surface area contributed by atoms with Crippen LogP contribution in [-0.2, 0) is 4.74 Å². The van der Waals surface area contributed by atoms with Crippen LogP contribution in [0.2, 0.25) is 0 Å². The van der Waals surface area contributed by atoms with Gasteiger partial charge in [-0.25, -0.2) is 8.78 Å². The molecule has 1 fully saturated rings. The number of methoxy groups -OCH3 is 1. The van der Waals surface area contributed by atoms with Crippen molar-refractivity contribution in [2.24, 2.45) is 11.1 Å². The van der Waals surface area contributed by atoms with Crippen molar-refractivity contribution in [2.75, 3.05) is 13.7 Å². The monoisotopic (exact) mass is 223 g/mol. The van der Waals surface area contributed by atoms with Crippen molar-refractivity contribution < 1.29 is 23.8 Å². The topological polar surface area (TPSA) is 62.0 Å². The number of halogens is 2. The zero-order chi connectivity index (χ0) is 11.5. The molecule has 0 aromatic carbocycles. The molecule has 0 saturated heterocycles. The molecule has 2 atom stereocenters. The SMILES string of the molecule is COCC(F)(F)C1CC(O)CCC1=NO. The summed E-state index contributed by atoms with van der Waals surface area (Å²) in [4.78, 5) is 0. The summed E-state index contributed by atoms with van der Waals surface area (Å²) < 4.78 is 31.4. The average Bonchev–Trinajstić information content (AvgIpc) is 2.17. The summed E-state index contributed by atoms with van der Waals surface area (Å²) in [5, 5.41) is 20.8. The minimum absolute atomic E-state index is 0.0438. The van der Waals surface area contributed by atoms with Crippen molar-refractivity contribution in [1.29, 1.82) is 0 Å². The lowest BCUT2D eigenvalue weighted by atomic mass is 9.81. The Morgan fingerprint density at radius 3 is 2.80 bits per heavy atom. The highest BCUT2D eigenvalue weighted by Gasteiger charge is 2.45. The van der Waals surface area contributed by atoms with Gasteiger partial charge in [0, 0.05) is 7.11 Å². The van der Waals surface area contributed by atoms with Gasteiger partial charge in [0.25, 0.3) is 5.92 Å². The van der Waals surface area contributed by atoms with E-state index in [1.807, 2.05) is 0 Å². The molecule has 0 spiro atoms. The highest BCUT2D eigenvalue weighted by Crippen LogP contribution is 2.35. The first-order chi connectivity index (χ1) is 7.01. The second-order valence-electron chi connectivity index (χ2n) is 3.77. The number of oxime groups is 1. The Bertz CT molecular complexity index is 246. The zero-order valence-corrected chi connectivity index (χ0v) is 8.49. The summed E-state index contributed by atoms with van der Waals surface area (Å²) in [6, 6.07) is 0. The third kappa shape index (κ3) is 2.85. The Balaban J connectivity index is 2.79. The van der Waals surface area contributed by atoms with Crippen LogP contribution >= 0.6 is 0 Å². The molecule has 4 nitrogen and oxygen atoms in total. The van der Waals surface area contributed by atoms with Gasteiger partial charge in [-0.05, 0) is 19.3 Å². The van der Waals surface area contributed by atoms with Crippen molar-refractivity contribution >= 4 is 5.71 Å². The van der Waals surface area contributed by atoms with Crippen LogP contribution in [0.1, 0.15) is 19.3 Å². The summed E-state index contributed by atoms with van der Waals surface area (Å²) in [6.45, 7) is -0.733. The highest BCUT2D eigenvalue weighted by molar-refractivity contribution is 5.87. The minimum Gasteiger partial charge on any atom is -0.411 e. The number of hydrogen-bond donors (Lipinski definition) is 2. The predicted molar refractivity (Wildman–Crippen MR) is 49.4 cm³/mol. The van der Waals surface area contributed by atoms with E-state index in [-0.39, 0.29) is 18.6 Å². The molecule has 1 rings (SSSR count). The van der Waals surface area contributed by atoms with Crippen LogP contribution < -0.4 is 0 Å². The normalized spacial score (nSPS) is 30.8. The molecule has 0 radical (unpaired) electrons. The molecule has 1 aliphatic carbocycles. The summed E-state index contributed by atoms with van der Waals surface area (Å²) in [6.07, 6.45) is -0.292. The van der Waals surface area contributed by atoms with Crippen LogP contribution in [0.5, 0.6) is 0 Å². The van der Waals surface area contributed by atoms with E-state index in [1.165, 1.54) is 7.11 Å². The Hall–Kier alpha value is -0.750. The number of alkyl halides is 2. The number of hydrogen-bond acceptors (Lipinski definition) is 4. The van der Waals surface area contributed by atoms with E-state index in [2.05, 4.69) is 9.89 Å². The van der Waals surface area contributed by atoms with Gasteiger partial charge in [-0.15, -0.1) is 0 Å². The van der Waals surface area contributed by atoms with E-state index in [0.717, 1.165) is 0 Å². The van der Waals surface area contributed by atoms with Gasteiger partial charge in [0.2, 0.25) is 0 Å². The van der Waals surface area contributed by atoms with Crippen LogP contribution in [0.25, 0.3) is 0 Å². The maximum Gasteiger partial charge on any atom is 0.279 e. The number of rotatable bonds is 3. The molecule has 2 N–H and O–H groups in total. The van der Waals surface area contributed by atoms with Gasteiger partial charge in [-0.1, -0.05) is 5.16 Å². The van der Waals surface area contributed by atoms with Gasteiger partial charge < -0.3 is 15.1 Å². The lowest BCUT2D eigenvalue weighted by Crippen LogP contribution is -2.43. The third-order valence-electron chi connectivity index (χ3n) is 2.62. The summed E-state index contributed by atoms with van der Waals surface area (Å²) in [5.74, 6) is -4.33. The lowest BCUT2D eigenvalue weighted by molar-refractivity contribution is -0.102. The van der Waals surface area contributed by atoms with E-state index < -0.39 is 24.6 Å². The van der Waals surface area contributed by atoms with Crippen molar-refractivity contribution in [3.05, 3.63) is 0 Å². The van der Waals surface area contributed by atoms with Crippen LogP contribution in [0.15, 0.2) is 5.16 Å².